The highest BCUT2D eigenvalue weighted by atomic mass is 16.3. The van der Waals surface area contributed by atoms with E-state index in [1.54, 1.807) is 5.57 Å². The van der Waals surface area contributed by atoms with E-state index in [9.17, 15) is 5.11 Å². The molecular formula is C28H46O. The molecule has 164 valence electrons. The molecule has 0 bridgehead atoms. The number of fused-ring (bicyclic) bond motifs is 5. The third kappa shape index (κ3) is 3.90. The molecule has 0 aromatic carbocycles. The Balaban J connectivity index is 1.48. The Kier molecular flexibility index (Phi) is 6.37. The van der Waals surface area contributed by atoms with Gasteiger partial charge in [-0.25, -0.2) is 0 Å². The number of aliphatic hydroxyl groups excluding tert-OH is 1. The van der Waals surface area contributed by atoms with Crippen LogP contribution in [0.1, 0.15) is 92.4 Å². The summed E-state index contributed by atoms with van der Waals surface area (Å²) < 4.78 is 0. The minimum absolute atomic E-state index is 0.0656. The molecule has 9 atom stereocenters. The molecule has 0 aliphatic heterocycles. The van der Waals surface area contributed by atoms with Crippen molar-refractivity contribution in [1.82, 2.24) is 0 Å². The SMILES string of the molecule is CC[C@H](/C=C/[C@H](C)[C@H]1CC[C@H]2[C@H]3CC=C4C[C@@H](O)CC[C@@H]4[C@H]3CC[C@@]12C)C(C)C. The summed E-state index contributed by atoms with van der Waals surface area (Å²) in [4.78, 5) is 0. The van der Waals surface area contributed by atoms with Crippen LogP contribution in [0.5, 0.6) is 0 Å². The molecule has 0 radical (unpaired) electrons. The number of hydrogen-bond acceptors (Lipinski definition) is 1. The van der Waals surface area contributed by atoms with Crippen molar-refractivity contribution in [2.75, 3.05) is 0 Å². The van der Waals surface area contributed by atoms with Gasteiger partial charge in [-0.15, -0.1) is 0 Å². The Hall–Kier alpha value is -0.560. The summed E-state index contributed by atoms with van der Waals surface area (Å²) in [5.41, 5.74) is 2.17. The zero-order valence-electron chi connectivity index (χ0n) is 19.7. The fourth-order valence-electron chi connectivity index (χ4n) is 8.44. The smallest absolute Gasteiger partial charge is 0.0577 e. The lowest BCUT2D eigenvalue weighted by Crippen LogP contribution is -2.46. The predicted octanol–water partition coefficient (Wildman–Crippen LogP) is 7.41. The summed E-state index contributed by atoms with van der Waals surface area (Å²) in [5.74, 6) is 6.63. The van der Waals surface area contributed by atoms with Gasteiger partial charge < -0.3 is 5.11 Å². The van der Waals surface area contributed by atoms with Crippen LogP contribution >= 0.6 is 0 Å². The maximum absolute atomic E-state index is 10.1. The highest BCUT2D eigenvalue weighted by Gasteiger charge is 2.56. The van der Waals surface area contributed by atoms with Crippen molar-refractivity contribution in [1.29, 1.82) is 0 Å². The average Bonchev–Trinajstić information content (AvgIpc) is 3.05. The van der Waals surface area contributed by atoms with E-state index in [0.717, 1.165) is 54.3 Å². The molecule has 1 N–H and O–H groups in total. The maximum Gasteiger partial charge on any atom is 0.0577 e. The summed E-state index contributed by atoms with van der Waals surface area (Å²) in [6, 6.07) is 0. The van der Waals surface area contributed by atoms with E-state index in [1.165, 1.54) is 44.9 Å². The molecule has 1 heteroatoms. The van der Waals surface area contributed by atoms with Crippen molar-refractivity contribution in [3.05, 3.63) is 23.8 Å². The van der Waals surface area contributed by atoms with Gasteiger partial charge in [-0.1, -0.05) is 58.4 Å². The summed E-state index contributed by atoms with van der Waals surface area (Å²) in [7, 11) is 0. The molecular weight excluding hydrogens is 352 g/mol. The standard InChI is InChI=1S/C28H46O/c1-6-20(18(2)3)8-7-19(4)26-13-14-27-25-11-9-21-17-22(29)10-12-23(21)24(25)15-16-28(26,27)5/h7-9,18-20,22-27,29H,6,10-17H2,1-5H3/b8-7+/t19-,20+,22-,23-,24+,25-,26+,27-,28-/m0/s1. The Morgan fingerprint density at radius 3 is 2.59 bits per heavy atom. The molecule has 29 heavy (non-hydrogen) atoms. The van der Waals surface area contributed by atoms with Gasteiger partial charge in [0.05, 0.1) is 6.10 Å². The number of rotatable bonds is 5. The third-order valence-electron chi connectivity index (χ3n) is 10.1. The monoisotopic (exact) mass is 398 g/mol. The predicted molar refractivity (Wildman–Crippen MR) is 124 cm³/mol. The van der Waals surface area contributed by atoms with Crippen LogP contribution in [0.15, 0.2) is 23.8 Å². The first-order chi connectivity index (χ1) is 13.8. The van der Waals surface area contributed by atoms with Crippen LogP contribution in [0.3, 0.4) is 0 Å². The van der Waals surface area contributed by atoms with E-state index in [-0.39, 0.29) is 6.10 Å². The van der Waals surface area contributed by atoms with Crippen molar-refractivity contribution in [3.63, 3.8) is 0 Å². The molecule has 3 fully saturated rings. The Labute approximate surface area is 180 Å². The van der Waals surface area contributed by atoms with E-state index in [2.05, 4.69) is 52.8 Å². The summed E-state index contributed by atoms with van der Waals surface area (Å²) in [6.07, 6.45) is 19.2. The largest absolute Gasteiger partial charge is 0.393 e. The van der Waals surface area contributed by atoms with Crippen molar-refractivity contribution < 1.29 is 5.11 Å². The Morgan fingerprint density at radius 2 is 1.86 bits per heavy atom. The van der Waals surface area contributed by atoms with E-state index in [0.29, 0.717) is 11.3 Å². The molecule has 0 saturated heterocycles. The van der Waals surface area contributed by atoms with Gasteiger partial charge in [0.1, 0.15) is 0 Å². The fraction of sp³-hybridized carbons (Fsp3) is 0.857. The van der Waals surface area contributed by atoms with E-state index < -0.39 is 0 Å². The van der Waals surface area contributed by atoms with Crippen molar-refractivity contribution in [3.8, 4) is 0 Å². The minimum atomic E-state index is -0.0656. The van der Waals surface area contributed by atoms with E-state index in [1.807, 2.05) is 0 Å². The second kappa shape index (κ2) is 8.52. The molecule has 4 aliphatic carbocycles. The van der Waals surface area contributed by atoms with Crippen LogP contribution in [0.25, 0.3) is 0 Å². The van der Waals surface area contributed by atoms with Gasteiger partial charge in [-0.2, -0.15) is 0 Å². The van der Waals surface area contributed by atoms with Gasteiger partial charge in [-0.05, 0) is 111 Å². The van der Waals surface area contributed by atoms with Crippen LogP contribution in [-0.2, 0) is 0 Å². The molecule has 0 amide bonds. The van der Waals surface area contributed by atoms with Crippen molar-refractivity contribution in [2.45, 2.75) is 98.5 Å². The zero-order chi connectivity index (χ0) is 20.8. The minimum Gasteiger partial charge on any atom is -0.393 e. The molecule has 3 saturated carbocycles. The van der Waals surface area contributed by atoms with Crippen LogP contribution in [0, 0.1) is 52.8 Å². The van der Waals surface area contributed by atoms with E-state index >= 15 is 0 Å². The molecule has 0 aromatic rings. The maximum atomic E-state index is 10.1. The molecule has 0 aromatic heterocycles. The Bertz CT molecular complexity index is 630. The molecule has 0 spiro atoms. The quantitative estimate of drug-likeness (QED) is 0.478. The number of aliphatic hydroxyl groups is 1. The molecule has 1 nitrogen and oxygen atoms in total. The van der Waals surface area contributed by atoms with Crippen LogP contribution in [0.4, 0.5) is 0 Å². The van der Waals surface area contributed by atoms with Crippen LogP contribution in [-0.4, -0.2) is 11.2 Å². The summed E-state index contributed by atoms with van der Waals surface area (Å²) >= 11 is 0. The van der Waals surface area contributed by atoms with Crippen LogP contribution in [0.2, 0.25) is 0 Å². The van der Waals surface area contributed by atoms with Crippen molar-refractivity contribution in [2.24, 2.45) is 52.8 Å². The second-order valence-corrected chi connectivity index (χ2v) is 11.8. The van der Waals surface area contributed by atoms with Gasteiger partial charge in [0, 0.05) is 0 Å². The first-order valence-corrected chi connectivity index (χ1v) is 12.9. The number of allylic oxidation sites excluding steroid dienone is 3. The van der Waals surface area contributed by atoms with Crippen molar-refractivity contribution >= 4 is 0 Å². The first-order valence-electron chi connectivity index (χ1n) is 12.9. The Morgan fingerprint density at radius 1 is 1.07 bits per heavy atom. The normalized spacial score (nSPS) is 44.2. The highest BCUT2D eigenvalue weighted by Crippen LogP contribution is 2.64. The first kappa shape index (κ1) is 21.7. The van der Waals surface area contributed by atoms with Gasteiger partial charge in [0.25, 0.3) is 0 Å². The lowest BCUT2D eigenvalue weighted by atomic mass is 9.51. The lowest BCUT2D eigenvalue weighted by molar-refractivity contribution is -0.0246. The van der Waals surface area contributed by atoms with Gasteiger partial charge >= 0.3 is 0 Å². The molecule has 4 aliphatic rings. The third-order valence-corrected chi connectivity index (χ3v) is 10.1. The zero-order valence-corrected chi connectivity index (χ0v) is 19.7. The second-order valence-electron chi connectivity index (χ2n) is 11.8. The molecule has 0 unspecified atom stereocenters. The van der Waals surface area contributed by atoms with Gasteiger partial charge in [-0.3, -0.25) is 0 Å². The fourth-order valence-corrected chi connectivity index (χ4v) is 8.44. The highest BCUT2D eigenvalue weighted by molar-refractivity contribution is 5.20. The summed E-state index contributed by atoms with van der Waals surface area (Å²) in [5, 5.41) is 10.1. The topological polar surface area (TPSA) is 20.2 Å². The molecule has 4 rings (SSSR count). The average molecular weight is 399 g/mol. The lowest BCUT2D eigenvalue weighted by Gasteiger charge is -2.54. The van der Waals surface area contributed by atoms with Gasteiger partial charge in [0.15, 0.2) is 0 Å². The summed E-state index contributed by atoms with van der Waals surface area (Å²) in [6.45, 7) is 12.2. The molecule has 0 heterocycles. The van der Waals surface area contributed by atoms with E-state index in [4.69, 9.17) is 0 Å². The van der Waals surface area contributed by atoms with Crippen LogP contribution < -0.4 is 0 Å². The van der Waals surface area contributed by atoms with Gasteiger partial charge in [0.2, 0.25) is 0 Å². The number of hydrogen-bond donors (Lipinski definition) is 1.